The number of pyridine rings is 1. The predicted octanol–water partition coefficient (Wildman–Crippen LogP) is 3.36. The van der Waals surface area contributed by atoms with E-state index in [1.165, 1.54) is 0 Å². The number of amides is 1. The highest BCUT2D eigenvalue weighted by molar-refractivity contribution is 5.93. The summed E-state index contributed by atoms with van der Waals surface area (Å²) < 4.78 is 0. The number of nitrogens with zero attached hydrogens (tertiary/aromatic N) is 4. The number of rotatable bonds is 7. The van der Waals surface area contributed by atoms with Gasteiger partial charge in [0.2, 0.25) is 5.95 Å². The van der Waals surface area contributed by atoms with E-state index in [0.29, 0.717) is 18.1 Å². The summed E-state index contributed by atoms with van der Waals surface area (Å²) in [4.78, 5) is 26.8. The first kappa shape index (κ1) is 18.5. The van der Waals surface area contributed by atoms with Gasteiger partial charge in [0.05, 0.1) is 11.6 Å². The van der Waals surface area contributed by atoms with Crippen LogP contribution in [0.25, 0.3) is 0 Å². The van der Waals surface area contributed by atoms with Gasteiger partial charge in [-0.05, 0) is 36.6 Å². The normalized spacial score (nSPS) is 11.6. The summed E-state index contributed by atoms with van der Waals surface area (Å²) >= 11 is 0. The van der Waals surface area contributed by atoms with Crippen LogP contribution in [0.3, 0.4) is 0 Å². The Bertz CT molecular complexity index is 853. The van der Waals surface area contributed by atoms with Gasteiger partial charge in [-0.1, -0.05) is 30.3 Å². The van der Waals surface area contributed by atoms with Crippen molar-refractivity contribution in [3.8, 4) is 0 Å². The molecule has 0 bridgehead atoms. The monoisotopic (exact) mass is 361 g/mol. The Balaban J connectivity index is 1.56. The zero-order chi connectivity index (χ0) is 19.1. The van der Waals surface area contributed by atoms with Crippen LogP contribution in [0.4, 0.5) is 5.95 Å². The molecule has 1 unspecified atom stereocenters. The van der Waals surface area contributed by atoms with E-state index >= 15 is 0 Å². The summed E-state index contributed by atoms with van der Waals surface area (Å²) in [6, 6.07) is 14.1. The predicted molar refractivity (Wildman–Crippen MR) is 105 cm³/mol. The first-order chi connectivity index (χ1) is 13.1. The lowest BCUT2D eigenvalue weighted by Crippen LogP contribution is -2.29. The molecule has 0 aliphatic heterocycles. The van der Waals surface area contributed by atoms with Crippen LogP contribution in [0.5, 0.6) is 0 Å². The van der Waals surface area contributed by atoms with Crippen LogP contribution in [-0.2, 0) is 6.42 Å². The molecule has 0 saturated heterocycles. The van der Waals surface area contributed by atoms with Crippen molar-refractivity contribution in [3.63, 3.8) is 0 Å². The Hall–Kier alpha value is -3.28. The van der Waals surface area contributed by atoms with E-state index in [9.17, 15) is 4.79 Å². The van der Waals surface area contributed by atoms with Gasteiger partial charge in [-0.2, -0.15) is 0 Å². The molecule has 1 N–H and O–H groups in total. The van der Waals surface area contributed by atoms with Gasteiger partial charge in [-0.25, -0.2) is 9.97 Å². The number of anilines is 1. The van der Waals surface area contributed by atoms with Gasteiger partial charge in [-0.3, -0.25) is 9.78 Å². The minimum Gasteiger partial charge on any atom is -0.348 e. The fourth-order valence-corrected chi connectivity index (χ4v) is 2.70. The van der Waals surface area contributed by atoms with Gasteiger partial charge in [0.15, 0.2) is 0 Å². The van der Waals surface area contributed by atoms with Crippen LogP contribution in [0.2, 0.25) is 0 Å². The molecule has 6 heteroatoms. The van der Waals surface area contributed by atoms with Gasteiger partial charge < -0.3 is 10.2 Å². The van der Waals surface area contributed by atoms with Crippen molar-refractivity contribution in [2.24, 2.45) is 0 Å². The van der Waals surface area contributed by atoms with E-state index in [2.05, 4.69) is 20.3 Å². The van der Waals surface area contributed by atoms with Crippen molar-refractivity contribution in [2.75, 3.05) is 18.9 Å². The Morgan fingerprint density at radius 2 is 1.74 bits per heavy atom. The molecule has 138 valence electrons. The van der Waals surface area contributed by atoms with Gasteiger partial charge >= 0.3 is 0 Å². The van der Waals surface area contributed by atoms with Gasteiger partial charge in [0.1, 0.15) is 0 Å². The molecular weight excluding hydrogens is 338 g/mol. The van der Waals surface area contributed by atoms with E-state index in [0.717, 1.165) is 17.5 Å². The number of hydrogen-bond donors (Lipinski definition) is 1. The van der Waals surface area contributed by atoms with Crippen molar-refractivity contribution >= 4 is 11.9 Å². The summed E-state index contributed by atoms with van der Waals surface area (Å²) in [5.41, 5.74) is 2.78. The lowest BCUT2D eigenvalue weighted by Gasteiger charge is -2.17. The third-order valence-electron chi connectivity index (χ3n) is 4.38. The summed E-state index contributed by atoms with van der Waals surface area (Å²) in [5.74, 6) is 0.411. The molecule has 2 heterocycles. The smallest absolute Gasteiger partial charge is 0.256 e. The summed E-state index contributed by atoms with van der Waals surface area (Å²) in [6.07, 6.45) is 7.43. The first-order valence-corrected chi connectivity index (χ1v) is 8.91. The van der Waals surface area contributed by atoms with Crippen LogP contribution in [0.1, 0.15) is 34.5 Å². The second-order valence-corrected chi connectivity index (χ2v) is 6.40. The Morgan fingerprint density at radius 3 is 2.41 bits per heavy atom. The van der Waals surface area contributed by atoms with Crippen LogP contribution >= 0.6 is 0 Å². The number of likely N-dealkylation sites (N-methyl/N-ethyl adjacent to an activating group) is 1. The number of carbonyl (C=O) groups is 1. The Kier molecular flexibility index (Phi) is 6.10. The molecule has 27 heavy (non-hydrogen) atoms. The zero-order valence-corrected chi connectivity index (χ0v) is 15.5. The number of benzene rings is 1. The van der Waals surface area contributed by atoms with Crippen LogP contribution in [0.15, 0.2) is 67.3 Å². The first-order valence-electron chi connectivity index (χ1n) is 8.91. The SMILES string of the molecule is CC(Nc1ncc(C(=O)N(C)CCc2ccncc2)cn1)c1ccccc1. The number of hydrogen-bond acceptors (Lipinski definition) is 5. The highest BCUT2D eigenvalue weighted by Crippen LogP contribution is 2.16. The van der Waals surface area contributed by atoms with E-state index in [-0.39, 0.29) is 11.9 Å². The minimum atomic E-state index is -0.0910. The topological polar surface area (TPSA) is 71.0 Å². The molecule has 1 amide bonds. The van der Waals surface area contributed by atoms with Gasteiger partial charge in [0, 0.05) is 38.4 Å². The highest BCUT2D eigenvalue weighted by Gasteiger charge is 2.13. The summed E-state index contributed by atoms with van der Waals surface area (Å²) in [5, 5.41) is 3.25. The summed E-state index contributed by atoms with van der Waals surface area (Å²) in [6.45, 7) is 2.67. The number of nitrogens with one attached hydrogen (secondary N) is 1. The highest BCUT2D eigenvalue weighted by atomic mass is 16.2. The van der Waals surface area contributed by atoms with Crippen molar-refractivity contribution < 1.29 is 4.79 Å². The van der Waals surface area contributed by atoms with Gasteiger partial charge in [-0.15, -0.1) is 0 Å². The van der Waals surface area contributed by atoms with Crippen molar-refractivity contribution in [1.29, 1.82) is 0 Å². The van der Waals surface area contributed by atoms with Crippen LogP contribution in [0, 0.1) is 0 Å². The molecule has 0 spiro atoms. The molecule has 0 aliphatic carbocycles. The second-order valence-electron chi connectivity index (χ2n) is 6.40. The third-order valence-corrected chi connectivity index (χ3v) is 4.38. The van der Waals surface area contributed by atoms with Crippen molar-refractivity contribution in [1.82, 2.24) is 19.9 Å². The molecule has 1 aromatic carbocycles. The molecule has 0 radical (unpaired) electrons. The van der Waals surface area contributed by atoms with E-state index in [1.807, 2.05) is 49.4 Å². The lowest BCUT2D eigenvalue weighted by atomic mass is 10.1. The number of aromatic nitrogens is 3. The molecule has 3 aromatic rings. The molecule has 0 fully saturated rings. The largest absolute Gasteiger partial charge is 0.348 e. The standard InChI is InChI=1S/C21H23N5O/c1-16(18-6-4-3-5-7-18)25-21-23-14-19(15-24-21)20(27)26(2)13-10-17-8-11-22-12-9-17/h3-9,11-12,14-16H,10,13H2,1-2H3,(H,23,24,25). The number of carbonyl (C=O) groups excluding carboxylic acids is 1. The maximum atomic E-state index is 12.5. The van der Waals surface area contributed by atoms with Crippen LogP contribution in [-0.4, -0.2) is 39.4 Å². The van der Waals surface area contributed by atoms with Crippen molar-refractivity contribution in [2.45, 2.75) is 19.4 Å². The fourth-order valence-electron chi connectivity index (χ4n) is 2.70. The van der Waals surface area contributed by atoms with Gasteiger partial charge in [0.25, 0.3) is 5.91 Å². The molecule has 6 nitrogen and oxygen atoms in total. The third kappa shape index (κ3) is 5.10. The lowest BCUT2D eigenvalue weighted by molar-refractivity contribution is 0.0796. The molecule has 0 saturated carbocycles. The molecular formula is C21H23N5O. The average Bonchev–Trinajstić information content (AvgIpc) is 2.73. The van der Waals surface area contributed by atoms with E-state index in [1.54, 1.807) is 36.7 Å². The molecule has 2 aromatic heterocycles. The fraction of sp³-hybridized carbons (Fsp3) is 0.238. The van der Waals surface area contributed by atoms with E-state index in [4.69, 9.17) is 0 Å². The molecule has 1 atom stereocenters. The summed E-state index contributed by atoms with van der Waals surface area (Å²) in [7, 11) is 1.78. The Labute approximate surface area is 159 Å². The maximum Gasteiger partial charge on any atom is 0.256 e. The van der Waals surface area contributed by atoms with Crippen molar-refractivity contribution in [3.05, 3.63) is 83.9 Å². The molecule has 0 aliphatic rings. The van der Waals surface area contributed by atoms with E-state index < -0.39 is 0 Å². The van der Waals surface area contributed by atoms with Crippen LogP contribution < -0.4 is 5.32 Å². The molecule has 3 rings (SSSR count). The maximum absolute atomic E-state index is 12.5. The zero-order valence-electron chi connectivity index (χ0n) is 15.5. The minimum absolute atomic E-state index is 0.0794. The Morgan fingerprint density at radius 1 is 1.07 bits per heavy atom. The quantitative estimate of drug-likeness (QED) is 0.699. The second kappa shape index (κ2) is 8.89. The average molecular weight is 361 g/mol.